The third-order valence-electron chi connectivity index (χ3n) is 7.64. The van der Waals surface area contributed by atoms with Crippen LogP contribution in [0.3, 0.4) is 0 Å². The van der Waals surface area contributed by atoms with Crippen molar-refractivity contribution in [3.8, 4) is 22.6 Å². The van der Waals surface area contributed by atoms with Crippen molar-refractivity contribution < 1.29 is 19.1 Å². The second-order valence-corrected chi connectivity index (χ2v) is 9.80. The van der Waals surface area contributed by atoms with E-state index in [0.717, 1.165) is 46.9 Å². The molecule has 192 valence electrons. The van der Waals surface area contributed by atoms with Gasteiger partial charge in [-0.1, -0.05) is 36.4 Å². The number of nitrogens with zero attached hydrogens (tertiary/aromatic N) is 3. The fraction of sp³-hybridized carbons (Fsp3) is 0.258. The van der Waals surface area contributed by atoms with E-state index < -0.39 is 0 Å². The van der Waals surface area contributed by atoms with Gasteiger partial charge in [-0.05, 0) is 47.7 Å². The van der Waals surface area contributed by atoms with Crippen LogP contribution in [0.25, 0.3) is 11.1 Å². The van der Waals surface area contributed by atoms with Gasteiger partial charge in [-0.2, -0.15) is 0 Å². The van der Waals surface area contributed by atoms with E-state index in [2.05, 4.69) is 9.55 Å². The quantitative estimate of drug-likeness (QED) is 0.317. The van der Waals surface area contributed by atoms with Gasteiger partial charge in [0.15, 0.2) is 5.78 Å². The summed E-state index contributed by atoms with van der Waals surface area (Å²) < 4.78 is 13.0. The van der Waals surface area contributed by atoms with E-state index in [0.29, 0.717) is 36.3 Å². The highest BCUT2D eigenvalue weighted by Gasteiger charge is 2.33. The van der Waals surface area contributed by atoms with Crippen LogP contribution < -0.4 is 9.47 Å². The Labute approximate surface area is 221 Å². The van der Waals surface area contributed by atoms with Crippen molar-refractivity contribution in [2.45, 2.75) is 25.3 Å². The first kappa shape index (κ1) is 24.0. The van der Waals surface area contributed by atoms with Gasteiger partial charge in [0.05, 0.1) is 19.8 Å². The number of imidazole rings is 1. The predicted molar refractivity (Wildman–Crippen MR) is 144 cm³/mol. The molecule has 0 N–H and O–H groups in total. The topological polar surface area (TPSA) is 73.7 Å². The first-order chi connectivity index (χ1) is 18.6. The summed E-state index contributed by atoms with van der Waals surface area (Å²) in [7, 11) is 3.30. The lowest BCUT2D eigenvalue weighted by Crippen LogP contribution is -2.39. The van der Waals surface area contributed by atoms with Gasteiger partial charge < -0.3 is 18.9 Å². The maximum absolute atomic E-state index is 13.6. The van der Waals surface area contributed by atoms with Gasteiger partial charge in [-0.15, -0.1) is 0 Å². The number of aromatic nitrogens is 2. The van der Waals surface area contributed by atoms with E-state index in [-0.39, 0.29) is 17.6 Å². The molecule has 38 heavy (non-hydrogen) atoms. The fourth-order valence-electron chi connectivity index (χ4n) is 5.73. The summed E-state index contributed by atoms with van der Waals surface area (Å²) >= 11 is 0. The average molecular weight is 508 g/mol. The van der Waals surface area contributed by atoms with Crippen LogP contribution in [0.15, 0.2) is 73.1 Å². The smallest absolute Gasteiger partial charge is 0.254 e. The van der Waals surface area contributed by atoms with Gasteiger partial charge in [0.1, 0.15) is 17.3 Å². The fourth-order valence-corrected chi connectivity index (χ4v) is 5.73. The summed E-state index contributed by atoms with van der Waals surface area (Å²) in [5.74, 6) is 2.63. The molecule has 1 aliphatic heterocycles. The molecule has 0 atom stereocenters. The minimum Gasteiger partial charge on any atom is -0.497 e. The number of carbonyl (C=O) groups excluding carboxylic acids is 2. The van der Waals surface area contributed by atoms with Gasteiger partial charge in [0.2, 0.25) is 0 Å². The molecule has 0 unspecified atom stereocenters. The molecule has 1 fully saturated rings. The van der Waals surface area contributed by atoms with Crippen molar-refractivity contribution in [3.05, 3.63) is 101 Å². The number of methoxy groups -OCH3 is 2. The minimum absolute atomic E-state index is 0.0642. The Bertz CT molecular complexity index is 1510. The van der Waals surface area contributed by atoms with Crippen molar-refractivity contribution >= 4 is 11.7 Å². The maximum atomic E-state index is 13.6. The van der Waals surface area contributed by atoms with Crippen LogP contribution in [-0.2, 0) is 6.54 Å². The number of ether oxygens (including phenoxy) is 2. The second-order valence-electron chi connectivity index (χ2n) is 9.80. The van der Waals surface area contributed by atoms with Crippen molar-refractivity contribution in [2.24, 2.45) is 0 Å². The first-order valence-electron chi connectivity index (χ1n) is 12.9. The van der Waals surface area contributed by atoms with Gasteiger partial charge >= 0.3 is 0 Å². The highest BCUT2D eigenvalue weighted by atomic mass is 16.5. The Balaban J connectivity index is 1.17. The van der Waals surface area contributed by atoms with E-state index in [1.54, 1.807) is 20.3 Å². The molecule has 7 heteroatoms. The Hall–Kier alpha value is -4.39. The van der Waals surface area contributed by atoms with Crippen molar-refractivity contribution in [1.82, 2.24) is 14.5 Å². The molecule has 1 aromatic heterocycles. The molecule has 0 saturated carbocycles. The molecular weight excluding hydrogens is 478 g/mol. The van der Waals surface area contributed by atoms with Crippen LogP contribution in [0, 0.1) is 0 Å². The number of amides is 1. The highest BCUT2D eigenvalue weighted by molar-refractivity contribution is 6.25. The van der Waals surface area contributed by atoms with E-state index in [1.807, 2.05) is 71.9 Å². The first-order valence-corrected chi connectivity index (χ1v) is 12.9. The molecular formula is C31H29N3O4. The average Bonchev–Trinajstić information content (AvgIpc) is 3.55. The van der Waals surface area contributed by atoms with Crippen LogP contribution in [0.5, 0.6) is 11.5 Å². The predicted octanol–water partition coefficient (Wildman–Crippen LogP) is 5.18. The number of hydrogen-bond acceptors (Lipinski definition) is 5. The van der Waals surface area contributed by atoms with Crippen LogP contribution >= 0.6 is 0 Å². The van der Waals surface area contributed by atoms with Crippen molar-refractivity contribution in [1.29, 1.82) is 0 Å². The lowest BCUT2D eigenvalue weighted by atomic mass is 9.94. The Morgan fingerprint density at radius 2 is 1.61 bits per heavy atom. The molecule has 0 bridgehead atoms. The van der Waals surface area contributed by atoms with E-state index in [9.17, 15) is 9.59 Å². The van der Waals surface area contributed by atoms with Crippen LogP contribution in [0.1, 0.15) is 56.4 Å². The Morgan fingerprint density at radius 1 is 0.921 bits per heavy atom. The summed E-state index contributed by atoms with van der Waals surface area (Å²) in [6.45, 7) is 1.89. The number of fused-ring (bicyclic) bond motifs is 3. The van der Waals surface area contributed by atoms with Crippen LogP contribution in [0.2, 0.25) is 0 Å². The third kappa shape index (κ3) is 4.14. The van der Waals surface area contributed by atoms with E-state index in [1.165, 1.54) is 0 Å². The standard InChI is InChI=1S/C31H29N3O4/c1-37-22-16-20(17-23(18-22)38-2)19-34-15-12-32-30(34)21-10-13-33(14-11-21)31(36)27-9-5-8-25-24-6-3-4-7-26(24)29(35)28(25)27/h3-9,12,15-18,21H,10-11,13-14,19H2,1-2H3. The Morgan fingerprint density at radius 3 is 2.32 bits per heavy atom. The van der Waals surface area contributed by atoms with Crippen LogP contribution in [0.4, 0.5) is 0 Å². The zero-order chi connectivity index (χ0) is 26.2. The zero-order valence-electron chi connectivity index (χ0n) is 21.5. The van der Waals surface area contributed by atoms with Crippen LogP contribution in [-0.4, -0.2) is 53.5 Å². The molecule has 1 saturated heterocycles. The SMILES string of the molecule is COc1cc(Cn2ccnc2C2CCN(C(=O)c3cccc4c3C(=O)c3ccccc3-4)CC2)cc(OC)c1. The van der Waals surface area contributed by atoms with Gasteiger partial charge in [0.25, 0.3) is 5.91 Å². The van der Waals surface area contributed by atoms with E-state index in [4.69, 9.17) is 9.47 Å². The number of benzene rings is 3. The number of hydrogen-bond donors (Lipinski definition) is 0. The molecule has 1 aliphatic carbocycles. The molecule has 0 radical (unpaired) electrons. The van der Waals surface area contributed by atoms with Crippen molar-refractivity contribution in [2.75, 3.05) is 27.3 Å². The number of rotatable bonds is 6. The minimum atomic E-state index is -0.0757. The lowest BCUT2D eigenvalue weighted by molar-refractivity contribution is 0.0707. The highest BCUT2D eigenvalue weighted by Crippen LogP contribution is 2.39. The maximum Gasteiger partial charge on any atom is 0.254 e. The van der Waals surface area contributed by atoms with Gasteiger partial charge in [-0.25, -0.2) is 4.98 Å². The number of ketones is 1. The Kier molecular flexibility index (Phi) is 6.19. The molecule has 3 aromatic carbocycles. The summed E-state index contributed by atoms with van der Waals surface area (Å²) in [4.78, 5) is 33.3. The largest absolute Gasteiger partial charge is 0.497 e. The molecule has 7 nitrogen and oxygen atoms in total. The number of likely N-dealkylation sites (tertiary alicyclic amines) is 1. The number of carbonyl (C=O) groups is 2. The molecule has 0 spiro atoms. The third-order valence-corrected chi connectivity index (χ3v) is 7.64. The lowest BCUT2D eigenvalue weighted by Gasteiger charge is -2.32. The zero-order valence-corrected chi connectivity index (χ0v) is 21.5. The molecule has 4 aromatic rings. The summed E-state index contributed by atoms with van der Waals surface area (Å²) in [6.07, 6.45) is 5.46. The number of piperidine rings is 1. The summed E-state index contributed by atoms with van der Waals surface area (Å²) in [6, 6.07) is 19.0. The van der Waals surface area contributed by atoms with Gasteiger partial charge in [0, 0.05) is 55.1 Å². The summed E-state index contributed by atoms with van der Waals surface area (Å²) in [5.41, 5.74) is 4.52. The molecule has 1 amide bonds. The molecule has 2 heterocycles. The molecule has 6 rings (SSSR count). The van der Waals surface area contributed by atoms with E-state index >= 15 is 0 Å². The van der Waals surface area contributed by atoms with Crippen molar-refractivity contribution in [3.63, 3.8) is 0 Å². The summed E-state index contributed by atoms with van der Waals surface area (Å²) in [5, 5.41) is 0. The second kappa shape index (κ2) is 9.82. The monoisotopic (exact) mass is 507 g/mol. The molecule has 2 aliphatic rings. The van der Waals surface area contributed by atoms with Gasteiger partial charge in [-0.3, -0.25) is 9.59 Å². The normalized spacial score (nSPS) is 14.8.